The summed E-state index contributed by atoms with van der Waals surface area (Å²) in [6.07, 6.45) is 0. The summed E-state index contributed by atoms with van der Waals surface area (Å²) in [5.41, 5.74) is 7.29. The predicted octanol–water partition coefficient (Wildman–Crippen LogP) is 11.1. The van der Waals surface area contributed by atoms with Crippen LogP contribution in [0.1, 0.15) is 0 Å². The topological polar surface area (TPSA) is 16.4 Å². The van der Waals surface area contributed by atoms with Gasteiger partial charge in [-0.3, -0.25) is 0 Å². The van der Waals surface area contributed by atoms with E-state index in [4.69, 9.17) is 4.42 Å². The van der Waals surface area contributed by atoms with Crippen molar-refractivity contribution in [3.05, 3.63) is 140 Å². The molecule has 0 aliphatic heterocycles. The van der Waals surface area contributed by atoms with Crippen molar-refractivity contribution in [1.82, 2.24) is 0 Å². The van der Waals surface area contributed by atoms with E-state index in [1.807, 2.05) is 17.4 Å². The second-order valence-corrected chi connectivity index (χ2v) is 10.8. The van der Waals surface area contributed by atoms with Crippen molar-refractivity contribution >= 4 is 70.5 Å². The Kier molecular flexibility index (Phi) is 5.04. The van der Waals surface area contributed by atoms with Gasteiger partial charge < -0.3 is 9.32 Å². The second-order valence-electron chi connectivity index (χ2n) is 9.75. The average molecular weight is 518 g/mol. The number of hydrogen-bond acceptors (Lipinski definition) is 3. The Bertz CT molecular complexity index is 2120. The molecule has 0 radical (unpaired) electrons. The summed E-state index contributed by atoms with van der Waals surface area (Å²) in [6, 6.07) is 49.4. The standard InChI is InChI=1S/C36H23NOS/c1-3-11-24(12-4-1)27-21-22-31-28-15-7-9-17-32(28)38-36(31)35(27)37(25-13-5-2-6-14-25)26-19-20-30-29-16-8-10-18-33(29)39-34(30)23-26/h1-23H. The SMILES string of the molecule is c1ccc(-c2ccc3c(oc4ccccc43)c2N(c2ccccc2)c2ccc3c(c2)sc2ccccc23)cc1. The molecule has 0 fully saturated rings. The zero-order valence-electron chi connectivity index (χ0n) is 21.0. The Morgan fingerprint density at radius 3 is 2.00 bits per heavy atom. The van der Waals surface area contributed by atoms with Crippen LogP contribution in [0.25, 0.3) is 53.2 Å². The number of thiophene rings is 1. The Labute approximate surface area is 230 Å². The van der Waals surface area contributed by atoms with Crippen molar-refractivity contribution < 1.29 is 4.42 Å². The highest BCUT2D eigenvalue weighted by molar-refractivity contribution is 7.25. The highest BCUT2D eigenvalue weighted by atomic mass is 32.1. The number of hydrogen-bond donors (Lipinski definition) is 0. The number of anilines is 3. The molecule has 8 aromatic rings. The Morgan fingerprint density at radius 2 is 1.15 bits per heavy atom. The fraction of sp³-hybridized carbons (Fsp3) is 0. The normalized spacial score (nSPS) is 11.6. The van der Waals surface area contributed by atoms with Gasteiger partial charge >= 0.3 is 0 Å². The molecular formula is C36H23NOS. The molecule has 0 amide bonds. The van der Waals surface area contributed by atoms with Gasteiger partial charge in [0.1, 0.15) is 5.58 Å². The van der Waals surface area contributed by atoms with E-state index < -0.39 is 0 Å². The van der Waals surface area contributed by atoms with Crippen LogP contribution < -0.4 is 4.90 Å². The number of furan rings is 1. The molecule has 39 heavy (non-hydrogen) atoms. The average Bonchev–Trinajstić information content (AvgIpc) is 3.57. The molecule has 0 atom stereocenters. The molecular weight excluding hydrogens is 494 g/mol. The summed E-state index contributed by atoms with van der Waals surface area (Å²) < 4.78 is 9.24. The third-order valence-electron chi connectivity index (χ3n) is 7.46. The lowest BCUT2D eigenvalue weighted by Gasteiger charge is -2.28. The van der Waals surface area contributed by atoms with Gasteiger partial charge in [-0.15, -0.1) is 11.3 Å². The lowest BCUT2D eigenvalue weighted by atomic mass is 9.99. The summed E-state index contributed by atoms with van der Waals surface area (Å²) in [7, 11) is 0. The minimum Gasteiger partial charge on any atom is -0.454 e. The van der Waals surface area contributed by atoms with Crippen molar-refractivity contribution in [1.29, 1.82) is 0 Å². The van der Waals surface area contributed by atoms with Crippen LogP contribution in [0.3, 0.4) is 0 Å². The number of benzene rings is 6. The molecule has 0 N–H and O–H groups in total. The highest BCUT2D eigenvalue weighted by Gasteiger charge is 2.24. The molecule has 0 saturated carbocycles. The quantitative estimate of drug-likeness (QED) is 0.231. The molecule has 0 aliphatic carbocycles. The molecule has 184 valence electrons. The smallest absolute Gasteiger partial charge is 0.160 e. The molecule has 3 heteroatoms. The van der Waals surface area contributed by atoms with Crippen LogP contribution in [0, 0.1) is 0 Å². The molecule has 0 aliphatic rings. The highest BCUT2D eigenvalue weighted by Crippen LogP contribution is 2.48. The summed E-state index contributed by atoms with van der Waals surface area (Å²) in [5.74, 6) is 0. The van der Waals surface area contributed by atoms with Crippen LogP contribution in [0.4, 0.5) is 17.1 Å². The predicted molar refractivity (Wildman–Crippen MR) is 167 cm³/mol. The minimum absolute atomic E-state index is 0.887. The van der Waals surface area contributed by atoms with Gasteiger partial charge in [-0.2, -0.15) is 0 Å². The van der Waals surface area contributed by atoms with Gasteiger partial charge in [0, 0.05) is 47.9 Å². The largest absolute Gasteiger partial charge is 0.454 e. The first-order valence-corrected chi connectivity index (χ1v) is 13.9. The third kappa shape index (κ3) is 3.55. The molecule has 2 heterocycles. The maximum absolute atomic E-state index is 6.67. The van der Waals surface area contributed by atoms with Gasteiger partial charge in [-0.1, -0.05) is 97.1 Å². The van der Waals surface area contributed by atoms with Crippen molar-refractivity contribution in [2.24, 2.45) is 0 Å². The van der Waals surface area contributed by atoms with Gasteiger partial charge in [0.25, 0.3) is 0 Å². The fourth-order valence-electron chi connectivity index (χ4n) is 5.69. The van der Waals surface area contributed by atoms with Crippen molar-refractivity contribution in [2.45, 2.75) is 0 Å². The fourth-order valence-corrected chi connectivity index (χ4v) is 6.82. The lowest BCUT2D eigenvalue weighted by Crippen LogP contribution is -2.11. The summed E-state index contributed by atoms with van der Waals surface area (Å²) >= 11 is 1.84. The van der Waals surface area contributed by atoms with Crippen LogP contribution in [-0.2, 0) is 0 Å². The van der Waals surface area contributed by atoms with E-state index in [1.165, 1.54) is 20.2 Å². The van der Waals surface area contributed by atoms with Gasteiger partial charge in [0.15, 0.2) is 5.58 Å². The van der Waals surface area contributed by atoms with Crippen LogP contribution in [-0.4, -0.2) is 0 Å². The molecule has 6 aromatic carbocycles. The Balaban J connectivity index is 1.48. The Hall–Kier alpha value is -4.86. The number of fused-ring (bicyclic) bond motifs is 6. The molecule has 0 saturated heterocycles. The Morgan fingerprint density at radius 1 is 0.487 bits per heavy atom. The molecule has 0 unspecified atom stereocenters. The molecule has 8 rings (SSSR count). The summed E-state index contributed by atoms with van der Waals surface area (Å²) in [5, 5.41) is 4.84. The minimum atomic E-state index is 0.887. The third-order valence-corrected chi connectivity index (χ3v) is 8.60. The van der Waals surface area contributed by atoms with Crippen molar-refractivity contribution in [3.8, 4) is 11.1 Å². The summed E-state index contributed by atoms with van der Waals surface area (Å²) in [4.78, 5) is 2.36. The first-order valence-electron chi connectivity index (χ1n) is 13.1. The van der Waals surface area contributed by atoms with E-state index in [2.05, 4.69) is 138 Å². The summed E-state index contributed by atoms with van der Waals surface area (Å²) in [6.45, 7) is 0. The first-order chi connectivity index (χ1) is 19.3. The maximum atomic E-state index is 6.67. The molecule has 0 spiro atoms. The van der Waals surface area contributed by atoms with Crippen LogP contribution in [0.5, 0.6) is 0 Å². The van der Waals surface area contributed by atoms with Gasteiger partial charge in [0.05, 0.1) is 5.69 Å². The van der Waals surface area contributed by atoms with Crippen LogP contribution >= 0.6 is 11.3 Å². The van der Waals surface area contributed by atoms with Gasteiger partial charge in [-0.25, -0.2) is 0 Å². The van der Waals surface area contributed by atoms with E-state index in [-0.39, 0.29) is 0 Å². The molecule has 2 aromatic heterocycles. The van der Waals surface area contributed by atoms with Crippen LogP contribution in [0.15, 0.2) is 144 Å². The number of para-hydroxylation sites is 2. The van der Waals surface area contributed by atoms with Gasteiger partial charge in [-0.05, 0) is 48.0 Å². The van der Waals surface area contributed by atoms with E-state index in [9.17, 15) is 0 Å². The second kappa shape index (κ2) is 8.87. The molecule has 0 bridgehead atoms. The first kappa shape index (κ1) is 22.2. The van der Waals surface area contributed by atoms with Crippen molar-refractivity contribution in [2.75, 3.05) is 4.90 Å². The zero-order valence-corrected chi connectivity index (χ0v) is 21.9. The zero-order chi connectivity index (χ0) is 25.8. The number of nitrogens with zero attached hydrogens (tertiary/aromatic N) is 1. The van der Waals surface area contributed by atoms with E-state index >= 15 is 0 Å². The maximum Gasteiger partial charge on any atom is 0.160 e. The van der Waals surface area contributed by atoms with E-state index in [0.717, 1.165) is 50.1 Å². The lowest BCUT2D eigenvalue weighted by molar-refractivity contribution is 0.669. The monoisotopic (exact) mass is 517 g/mol. The number of rotatable bonds is 4. The molecule has 2 nitrogen and oxygen atoms in total. The van der Waals surface area contributed by atoms with Crippen molar-refractivity contribution in [3.63, 3.8) is 0 Å². The van der Waals surface area contributed by atoms with E-state index in [1.54, 1.807) is 0 Å². The van der Waals surface area contributed by atoms with E-state index in [0.29, 0.717) is 0 Å². The van der Waals surface area contributed by atoms with Crippen LogP contribution in [0.2, 0.25) is 0 Å². The van der Waals surface area contributed by atoms with Gasteiger partial charge in [0.2, 0.25) is 0 Å².